The minimum absolute atomic E-state index is 0.166. The van der Waals surface area contributed by atoms with Crippen molar-refractivity contribution in [3.05, 3.63) is 88.0 Å². The second-order valence-electron chi connectivity index (χ2n) is 7.39. The van der Waals surface area contributed by atoms with E-state index in [4.69, 9.17) is 4.42 Å². The number of carbonyl (C=O) groups excluding carboxylic acids is 1. The first-order valence-corrected chi connectivity index (χ1v) is 9.80. The van der Waals surface area contributed by atoms with E-state index < -0.39 is 5.63 Å². The molecule has 5 rings (SSSR count). The maximum Gasteiger partial charge on any atom is 0.347 e. The van der Waals surface area contributed by atoms with Gasteiger partial charge in [0, 0.05) is 23.4 Å². The maximum atomic E-state index is 13.0. The zero-order valence-corrected chi connectivity index (χ0v) is 16.3. The average Bonchev–Trinajstić information content (AvgIpc) is 3.20. The number of nitrogens with zero attached hydrogens (tertiary/aromatic N) is 1. The SMILES string of the molecule is CC1CC=Cc2c(C(=O)Nc3ccccc3-c3nc4ccccc4c(=O)o3)c[nH]c21. The minimum Gasteiger partial charge on any atom is -0.403 e. The van der Waals surface area contributed by atoms with E-state index in [1.54, 1.807) is 36.5 Å². The van der Waals surface area contributed by atoms with Crippen LogP contribution in [0.25, 0.3) is 28.4 Å². The zero-order chi connectivity index (χ0) is 20.7. The molecule has 0 aliphatic heterocycles. The van der Waals surface area contributed by atoms with E-state index in [1.807, 2.05) is 24.3 Å². The van der Waals surface area contributed by atoms with Gasteiger partial charge in [0.25, 0.3) is 5.91 Å². The van der Waals surface area contributed by atoms with Crippen molar-refractivity contribution >= 4 is 28.6 Å². The van der Waals surface area contributed by atoms with Crippen LogP contribution in [0.2, 0.25) is 0 Å². The number of carbonyl (C=O) groups is 1. The molecule has 0 spiro atoms. The van der Waals surface area contributed by atoms with Crippen molar-refractivity contribution in [1.82, 2.24) is 9.97 Å². The smallest absolute Gasteiger partial charge is 0.347 e. The first kappa shape index (κ1) is 18.1. The van der Waals surface area contributed by atoms with E-state index in [0.717, 1.165) is 17.7 Å². The molecule has 2 aromatic carbocycles. The lowest BCUT2D eigenvalue weighted by Gasteiger charge is -2.14. The summed E-state index contributed by atoms with van der Waals surface area (Å²) in [6.45, 7) is 2.13. The van der Waals surface area contributed by atoms with Gasteiger partial charge >= 0.3 is 5.63 Å². The van der Waals surface area contributed by atoms with Crippen molar-refractivity contribution in [2.45, 2.75) is 19.3 Å². The largest absolute Gasteiger partial charge is 0.403 e. The van der Waals surface area contributed by atoms with Crippen LogP contribution < -0.4 is 10.9 Å². The summed E-state index contributed by atoms with van der Waals surface area (Å²) >= 11 is 0. The van der Waals surface area contributed by atoms with Crippen molar-refractivity contribution in [2.24, 2.45) is 0 Å². The number of rotatable bonds is 3. The Kier molecular flexibility index (Phi) is 4.32. The molecule has 30 heavy (non-hydrogen) atoms. The molecule has 1 atom stereocenters. The van der Waals surface area contributed by atoms with Gasteiger partial charge in [-0.3, -0.25) is 4.79 Å². The van der Waals surface area contributed by atoms with Crippen molar-refractivity contribution in [3.8, 4) is 11.5 Å². The first-order chi connectivity index (χ1) is 14.6. The number of hydrogen-bond acceptors (Lipinski definition) is 4. The van der Waals surface area contributed by atoms with E-state index >= 15 is 0 Å². The van der Waals surface area contributed by atoms with Gasteiger partial charge in [0.1, 0.15) is 0 Å². The Morgan fingerprint density at radius 1 is 1.17 bits per heavy atom. The third kappa shape index (κ3) is 3.03. The van der Waals surface area contributed by atoms with Crippen LogP contribution in [0.5, 0.6) is 0 Å². The second kappa shape index (κ2) is 7.15. The number of para-hydroxylation sites is 2. The van der Waals surface area contributed by atoms with E-state index in [1.165, 1.54) is 0 Å². The topological polar surface area (TPSA) is 88.0 Å². The van der Waals surface area contributed by atoms with Crippen LogP contribution >= 0.6 is 0 Å². The van der Waals surface area contributed by atoms with E-state index in [2.05, 4.69) is 28.3 Å². The number of allylic oxidation sites excluding steroid dienone is 1. The average molecular weight is 397 g/mol. The molecular weight excluding hydrogens is 378 g/mol. The Hall–Kier alpha value is -3.93. The lowest BCUT2D eigenvalue weighted by Crippen LogP contribution is -2.14. The van der Waals surface area contributed by atoms with Crippen LogP contribution in [-0.4, -0.2) is 15.9 Å². The molecule has 1 unspecified atom stereocenters. The van der Waals surface area contributed by atoms with Crippen LogP contribution in [0.15, 0.2) is 70.0 Å². The second-order valence-corrected chi connectivity index (χ2v) is 7.39. The molecular formula is C24H19N3O3. The number of benzene rings is 2. The minimum atomic E-state index is -0.462. The van der Waals surface area contributed by atoms with Gasteiger partial charge in [-0.1, -0.05) is 43.3 Å². The van der Waals surface area contributed by atoms with Crippen molar-refractivity contribution in [1.29, 1.82) is 0 Å². The van der Waals surface area contributed by atoms with Crippen LogP contribution in [-0.2, 0) is 0 Å². The van der Waals surface area contributed by atoms with Crippen LogP contribution in [0, 0.1) is 0 Å². The number of amides is 1. The predicted molar refractivity (Wildman–Crippen MR) is 117 cm³/mol. The summed E-state index contributed by atoms with van der Waals surface area (Å²) < 4.78 is 5.46. The van der Waals surface area contributed by atoms with E-state index in [9.17, 15) is 9.59 Å². The molecule has 0 saturated carbocycles. The summed E-state index contributed by atoms with van der Waals surface area (Å²) in [5, 5.41) is 3.37. The third-order valence-electron chi connectivity index (χ3n) is 5.40. The van der Waals surface area contributed by atoms with Crippen molar-refractivity contribution < 1.29 is 9.21 Å². The van der Waals surface area contributed by atoms with Gasteiger partial charge in [0.2, 0.25) is 5.89 Å². The summed E-state index contributed by atoms with van der Waals surface area (Å²) in [5.74, 6) is 0.274. The molecule has 0 saturated heterocycles. The van der Waals surface area contributed by atoms with Gasteiger partial charge in [0.05, 0.1) is 27.7 Å². The predicted octanol–water partition coefficient (Wildman–Crippen LogP) is 4.96. The van der Waals surface area contributed by atoms with Gasteiger partial charge < -0.3 is 14.7 Å². The Morgan fingerprint density at radius 3 is 2.87 bits per heavy atom. The maximum absolute atomic E-state index is 13.0. The summed E-state index contributed by atoms with van der Waals surface area (Å²) in [7, 11) is 0. The van der Waals surface area contributed by atoms with Crippen LogP contribution in [0.1, 0.15) is 40.9 Å². The van der Waals surface area contributed by atoms with E-state index in [0.29, 0.717) is 33.6 Å². The fraction of sp³-hybridized carbons (Fsp3) is 0.125. The quantitative estimate of drug-likeness (QED) is 0.512. The fourth-order valence-corrected chi connectivity index (χ4v) is 3.84. The number of H-pyrrole nitrogens is 1. The zero-order valence-electron chi connectivity index (χ0n) is 16.3. The molecule has 2 aromatic heterocycles. The standard InChI is InChI=1S/C24H19N3O3/c1-14-7-6-10-15-18(13-25-21(14)15)22(28)26-19-11-4-2-8-16(19)23-27-20-12-5-3-9-17(20)24(29)30-23/h2-6,8-14,25H,7H2,1H3,(H,26,28). The molecule has 2 N–H and O–H groups in total. The molecule has 2 heterocycles. The molecule has 0 radical (unpaired) electrons. The molecule has 0 bridgehead atoms. The van der Waals surface area contributed by atoms with Gasteiger partial charge in [-0.05, 0) is 30.7 Å². The Balaban J connectivity index is 1.53. The Labute approximate surface area is 172 Å². The molecule has 148 valence electrons. The van der Waals surface area contributed by atoms with Gasteiger partial charge in [-0.25, -0.2) is 9.78 Å². The Bertz CT molecular complexity index is 1360. The number of anilines is 1. The molecule has 4 aromatic rings. The monoisotopic (exact) mass is 397 g/mol. The highest BCUT2D eigenvalue weighted by molar-refractivity contribution is 6.08. The van der Waals surface area contributed by atoms with Gasteiger partial charge in [-0.2, -0.15) is 0 Å². The molecule has 6 heteroatoms. The van der Waals surface area contributed by atoms with Crippen LogP contribution in [0.4, 0.5) is 5.69 Å². The highest BCUT2D eigenvalue weighted by atomic mass is 16.4. The van der Waals surface area contributed by atoms with Crippen molar-refractivity contribution in [2.75, 3.05) is 5.32 Å². The summed E-state index contributed by atoms with van der Waals surface area (Å²) in [6.07, 6.45) is 6.75. The molecule has 1 amide bonds. The van der Waals surface area contributed by atoms with Gasteiger partial charge in [0.15, 0.2) is 0 Å². The molecule has 0 fully saturated rings. The number of aromatic amines is 1. The molecule has 6 nitrogen and oxygen atoms in total. The number of nitrogens with one attached hydrogen (secondary N) is 2. The molecule has 1 aliphatic carbocycles. The number of fused-ring (bicyclic) bond motifs is 2. The third-order valence-corrected chi connectivity index (χ3v) is 5.40. The fourth-order valence-electron chi connectivity index (χ4n) is 3.84. The summed E-state index contributed by atoms with van der Waals surface area (Å²) in [6, 6.07) is 14.2. The van der Waals surface area contributed by atoms with E-state index in [-0.39, 0.29) is 11.8 Å². The highest BCUT2D eigenvalue weighted by Crippen LogP contribution is 2.32. The number of aromatic nitrogens is 2. The molecule has 1 aliphatic rings. The normalized spacial score (nSPS) is 15.2. The van der Waals surface area contributed by atoms with Crippen molar-refractivity contribution in [3.63, 3.8) is 0 Å². The number of hydrogen-bond donors (Lipinski definition) is 2. The highest BCUT2D eigenvalue weighted by Gasteiger charge is 2.22. The first-order valence-electron chi connectivity index (χ1n) is 9.80. The Morgan fingerprint density at radius 2 is 1.97 bits per heavy atom. The lowest BCUT2D eigenvalue weighted by molar-refractivity contribution is 0.102. The van der Waals surface area contributed by atoms with Crippen LogP contribution in [0.3, 0.4) is 0 Å². The summed E-state index contributed by atoms with van der Waals surface area (Å²) in [4.78, 5) is 33.1. The van der Waals surface area contributed by atoms with Gasteiger partial charge in [-0.15, -0.1) is 0 Å². The lowest BCUT2D eigenvalue weighted by atomic mass is 9.93. The summed E-state index contributed by atoms with van der Waals surface area (Å²) in [5.41, 5.74) is 3.71.